The summed E-state index contributed by atoms with van der Waals surface area (Å²) in [5, 5.41) is 2.33. The van der Waals surface area contributed by atoms with E-state index in [-0.39, 0.29) is 23.4 Å². The van der Waals surface area contributed by atoms with Gasteiger partial charge in [0.2, 0.25) is 12.3 Å². The lowest BCUT2D eigenvalue weighted by molar-refractivity contribution is -0.135. The third-order valence-electron chi connectivity index (χ3n) is 5.57. The Hall–Kier alpha value is -3.22. The lowest BCUT2D eigenvalue weighted by Crippen LogP contribution is -2.40. The number of anilines is 1. The average molecular weight is 409 g/mol. The van der Waals surface area contributed by atoms with Crippen LogP contribution in [0, 0.1) is 11.7 Å². The molecule has 2 aromatic carbocycles. The van der Waals surface area contributed by atoms with Crippen molar-refractivity contribution in [3.05, 3.63) is 48.1 Å². The molecule has 1 aromatic heterocycles. The lowest BCUT2D eigenvalue weighted by Gasteiger charge is -2.31. The summed E-state index contributed by atoms with van der Waals surface area (Å²) in [6, 6.07) is 10.2. The van der Waals surface area contributed by atoms with Crippen LogP contribution in [0.3, 0.4) is 0 Å². The molecule has 3 aromatic rings. The number of hydrogen-bond donors (Lipinski definition) is 1. The number of halogens is 1. The normalized spacial score (nSPS) is 15.0. The number of piperidine rings is 1. The van der Waals surface area contributed by atoms with Crippen LogP contribution in [0.15, 0.2) is 40.8 Å². The van der Waals surface area contributed by atoms with Crippen molar-refractivity contribution in [3.63, 3.8) is 0 Å². The highest BCUT2D eigenvalue weighted by molar-refractivity contribution is 5.82. The summed E-state index contributed by atoms with van der Waals surface area (Å²) in [5.41, 5.74) is 3.06. The van der Waals surface area contributed by atoms with Gasteiger partial charge < -0.3 is 14.6 Å². The average Bonchev–Trinajstić information content (AvgIpc) is 3.18. The Balaban J connectivity index is 1.53. The highest BCUT2D eigenvalue weighted by Gasteiger charge is 2.28. The van der Waals surface area contributed by atoms with Crippen LogP contribution in [-0.4, -0.2) is 35.3 Å². The van der Waals surface area contributed by atoms with Crippen LogP contribution in [0.4, 0.5) is 10.1 Å². The van der Waals surface area contributed by atoms with Crippen molar-refractivity contribution in [2.75, 3.05) is 18.4 Å². The maximum atomic E-state index is 14.1. The predicted molar refractivity (Wildman–Crippen MR) is 112 cm³/mol. The molecule has 0 spiro atoms. The molecule has 7 heteroatoms. The van der Waals surface area contributed by atoms with E-state index in [9.17, 15) is 14.0 Å². The maximum Gasteiger partial charge on any atom is 0.225 e. The van der Waals surface area contributed by atoms with E-state index in [2.05, 4.69) is 10.3 Å². The van der Waals surface area contributed by atoms with Gasteiger partial charge in [0.1, 0.15) is 11.3 Å². The van der Waals surface area contributed by atoms with Crippen molar-refractivity contribution < 1.29 is 18.4 Å². The van der Waals surface area contributed by atoms with Gasteiger partial charge in [0, 0.05) is 24.9 Å². The van der Waals surface area contributed by atoms with Gasteiger partial charge in [-0.2, -0.15) is 0 Å². The maximum absolute atomic E-state index is 14.1. The number of rotatable bonds is 5. The Morgan fingerprint density at radius 2 is 1.90 bits per heavy atom. The first kappa shape index (κ1) is 20.1. The predicted octanol–water partition coefficient (Wildman–Crippen LogP) is 4.56. The van der Waals surface area contributed by atoms with Crippen molar-refractivity contribution in [1.29, 1.82) is 0 Å². The molecule has 0 atom stereocenters. The first-order valence-electron chi connectivity index (χ1n) is 10.2. The minimum absolute atomic E-state index is 0.0115. The topological polar surface area (TPSA) is 75.4 Å². The number of aromatic nitrogens is 1. The molecule has 0 saturated carbocycles. The van der Waals surface area contributed by atoms with Gasteiger partial charge in [0.25, 0.3) is 0 Å². The van der Waals surface area contributed by atoms with Crippen LogP contribution in [0.5, 0.6) is 0 Å². The molecule has 4 rings (SSSR count). The Morgan fingerprint density at radius 3 is 2.57 bits per heavy atom. The summed E-state index contributed by atoms with van der Waals surface area (Å²) in [5.74, 6) is 0.580. The van der Waals surface area contributed by atoms with Gasteiger partial charge in [-0.3, -0.25) is 9.59 Å². The molecule has 6 nitrogen and oxygen atoms in total. The molecule has 1 saturated heterocycles. The van der Waals surface area contributed by atoms with Gasteiger partial charge in [0.15, 0.2) is 11.5 Å². The number of hydrogen-bond acceptors (Lipinski definition) is 4. The second-order valence-corrected chi connectivity index (χ2v) is 7.95. The monoisotopic (exact) mass is 409 g/mol. The Labute approximate surface area is 174 Å². The highest BCUT2D eigenvalue weighted by atomic mass is 19.1. The third-order valence-corrected chi connectivity index (χ3v) is 5.57. The standard InChI is InChI=1S/C23H24FN3O3/c1-14(2)23(29)27-9-7-15(8-10-27)22-26-20-12-17(4-6-21(20)30-22)16-3-5-19(25-13-28)18(24)11-16/h3-6,11-15H,7-10H2,1-2H3,(H,25,28). The summed E-state index contributed by atoms with van der Waals surface area (Å²) in [7, 11) is 0. The van der Waals surface area contributed by atoms with Crippen molar-refractivity contribution >= 4 is 29.1 Å². The first-order chi connectivity index (χ1) is 14.5. The first-order valence-corrected chi connectivity index (χ1v) is 10.2. The van der Waals surface area contributed by atoms with Crippen LogP contribution in [0.2, 0.25) is 0 Å². The number of fused-ring (bicyclic) bond motifs is 1. The van der Waals surface area contributed by atoms with E-state index in [1.165, 1.54) is 12.1 Å². The summed E-state index contributed by atoms with van der Waals surface area (Å²) >= 11 is 0. The van der Waals surface area contributed by atoms with Crippen LogP contribution in [0.1, 0.15) is 38.5 Å². The van der Waals surface area contributed by atoms with E-state index in [1.807, 2.05) is 36.9 Å². The van der Waals surface area contributed by atoms with Gasteiger partial charge in [-0.05, 0) is 48.2 Å². The van der Waals surface area contributed by atoms with Gasteiger partial charge in [0.05, 0.1) is 5.69 Å². The molecule has 2 heterocycles. The molecule has 30 heavy (non-hydrogen) atoms. The van der Waals surface area contributed by atoms with Crippen molar-refractivity contribution in [1.82, 2.24) is 9.88 Å². The molecule has 1 N–H and O–H groups in total. The Morgan fingerprint density at radius 1 is 1.20 bits per heavy atom. The SMILES string of the molecule is CC(C)C(=O)N1CCC(c2nc3cc(-c4ccc(NC=O)c(F)c4)ccc3o2)CC1. The van der Waals surface area contributed by atoms with E-state index in [0.29, 0.717) is 36.5 Å². The van der Waals surface area contributed by atoms with Crippen LogP contribution in [0.25, 0.3) is 22.2 Å². The molecule has 1 fully saturated rings. The zero-order valence-corrected chi connectivity index (χ0v) is 17.0. The number of oxazole rings is 1. The van der Waals surface area contributed by atoms with Gasteiger partial charge in [-0.1, -0.05) is 26.0 Å². The summed E-state index contributed by atoms with van der Waals surface area (Å²) in [6.45, 7) is 5.27. The molecule has 1 aliphatic rings. The second kappa shape index (κ2) is 8.26. The number of carbonyl (C=O) groups is 2. The fraction of sp³-hybridized carbons (Fsp3) is 0.348. The smallest absolute Gasteiger partial charge is 0.225 e. The fourth-order valence-corrected chi connectivity index (χ4v) is 3.89. The summed E-state index contributed by atoms with van der Waals surface area (Å²) in [4.78, 5) is 29.3. The molecule has 0 bridgehead atoms. The fourth-order valence-electron chi connectivity index (χ4n) is 3.89. The Kier molecular flexibility index (Phi) is 5.53. The van der Waals surface area contributed by atoms with Crippen LogP contribution < -0.4 is 5.32 Å². The molecular weight excluding hydrogens is 385 g/mol. The van der Waals surface area contributed by atoms with Crippen LogP contribution >= 0.6 is 0 Å². The van der Waals surface area contributed by atoms with Gasteiger partial charge in [-0.15, -0.1) is 0 Å². The van der Waals surface area contributed by atoms with Gasteiger partial charge in [-0.25, -0.2) is 9.37 Å². The zero-order valence-electron chi connectivity index (χ0n) is 17.0. The highest BCUT2D eigenvalue weighted by Crippen LogP contribution is 2.32. The molecule has 1 aliphatic heterocycles. The largest absolute Gasteiger partial charge is 0.440 e. The molecule has 0 radical (unpaired) electrons. The van der Waals surface area contributed by atoms with Crippen molar-refractivity contribution in [2.45, 2.75) is 32.6 Å². The molecule has 0 aliphatic carbocycles. The zero-order chi connectivity index (χ0) is 21.3. The third kappa shape index (κ3) is 3.92. The van der Waals surface area contributed by atoms with Crippen molar-refractivity contribution in [3.8, 4) is 11.1 Å². The van der Waals surface area contributed by atoms with Crippen molar-refractivity contribution in [2.24, 2.45) is 5.92 Å². The van der Waals surface area contributed by atoms with E-state index in [0.717, 1.165) is 23.9 Å². The molecule has 0 unspecified atom stereocenters. The number of amides is 2. The minimum atomic E-state index is -0.497. The van der Waals surface area contributed by atoms with E-state index in [4.69, 9.17) is 4.42 Å². The minimum Gasteiger partial charge on any atom is -0.440 e. The number of nitrogens with zero attached hydrogens (tertiary/aromatic N) is 2. The molecule has 2 amide bonds. The lowest BCUT2D eigenvalue weighted by atomic mass is 9.96. The number of benzene rings is 2. The molecule has 156 valence electrons. The van der Waals surface area contributed by atoms with Gasteiger partial charge >= 0.3 is 0 Å². The molecular formula is C23H24FN3O3. The summed E-state index contributed by atoms with van der Waals surface area (Å²) in [6.07, 6.45) is 2.10. The number of likely N-dealkylation sites (tertiary alicyclic amines) is 1. The van der Waals surface area contributed by atoms with E-state index >= 15 is 0 Å². The second-order valence-electron chi connectivity index (χ2n) is 7.95. The number of nitrogens with one attached hydrogen (secondary N) is 1. The Bertz CT molecular complexity index is 1080. The van der Waals surface area contributed by atoms with E-state index in [1.54, 1.807) is 6.07 Å². The summed E-state index contributed by atoms with van der Waals surface area (Å²) < 4.78 is 20.1. The quantitative estimate of drug-likeness (QED) is 0.627. The number of carbonyl (C=O) groups excluding carboxylic acids is 2. The van der Waals surface area contributed by atoms with E-state index < -0.39 is 5.82 Å². The van der Waals surface area contributed by atoms with Crippen LogP contribution in [-0.2, 0) is 9.59 Å².